The number of ether oxygens (including phenoxy) is 1. The Balaban J connectivity index is 1.59. The van der Waals surface area contributed by atoms with E-state index in [4.69, 9.17) is 4.74 Å². The maximum atomic E-state index is 13.2. The monoisotopic (exact) mass is 394 g/mol. The number of amides is 2. The smallest absolute Gasteiger partial charge is 0.259 e. The van der Waals surface area contributed by atoms with E-state index in [1.54, 1.807) is 29.2 Å². The van der Waals surface area contributed by atoms with Crippen molar-refractivity contribution in [2.45, 2.75) is 38.8 Å². The number of carbonyl (C=O) groups excluding carboxylic acids is 2. The van der Waals surface area contributed by atoms with Crippen LogP contribution >= 0.6 is 0 Å². The van der Waals surface area contributed by atoms with E-state index in [9.17, 15) is 14.7 Å². The topological polar surface area (TPSA) is 78.9 Å². The highest BCUT2D eigenvalue weighted by Crippen LogP contribution is 2.37. The molecule has 2 aromatic rings. The quantitative estimate of drug-likeness (QED) is 0.754. The van der Waals surface area contributed by atoms with Crippen molar-refractivity contribution in [3.63, 3.8) is 0 Å². The molecule has 1 heterocycles. The van der Waals surface area contributed by atoms with E-state index in [1.165, 1.54) is 0 Å². The Morgan fingerprint density at radius 2 is 2.03 bits per heavy atom. The molecule has 2 amide bonds. The van der Waals surface area contributed by atoms with Gasteiger partial charge >= 0.3 is 0 Å². The molecular weight excluding hydrogens is 368 g/mol. The van der Waals surface area contributed by atoms with Crippen LogP contribution in [0.5, 0.6) is 5.75 Å². The van der Waals surface area contributed by atoms with Crippen molar-refractivity contribution >= 4 is 17.5 Å². The molecule has 1 saturated carbocycles. The molecule has 0 saturated heterocycles. The Bertz CT molecular complexity index is 923. The van der Waals surface area contributed by atoms with E-state index in [-0.39, 0.29) is 24.5 Å². The molecule has 0 aromatic heterocycles. The first-order valence-corrected chi connectivity index (χ1v) is 10.2. The minimum atomic E-state index is -0.314. The van der Waals surface area contributed by atoms with Crippen molar-refractivity contribution in [2.75, 3.05) is 18.5 Å². The first kappa shape index (κ1) is 19.5. The standard InChI is InChI=1S/C23H26N2O4/c1-2-29-20-12-4-3-10-17(20)22(27)24-18-11-6-9-16-13-25(23(28)21(16)18)19(14-26)15-7-5-8-15/h3-4,6,9-12,15,19,26H,2,5,7-8,13-14H2,1H3,(H,24,27). The van der Waals surface area contributed by atoms with Crippen molar-refractivity contribution in [3.8, 4) is 5.75 Å². The largest absolute Gasteiger partial charge is 0.493 e. The third-order valence-electron chi connectivity index (χ3n) is 5.93. The van der Waals surface area contributed by atoms with Gasteiger partial charge < -0.3 is 20.1 Å². The van der Waals surface area contributed by atoms with Gasteiger partial charge in [0.05, 0.1) is 36.1 Å². The van der Waals surface area contributed by atoms with Gasteiger partial charge in [-0.3, -0.25) is 9.59 Å². The summed E-state index contributed by atoms with van der Waals surface area (Å²) in [4.78, 5) is 27.8. The molecule has 1 atom stereocenters. The number of aliphatic hydroxyl groups excluding tert-OH is 1. The SMILES string of the molecule is CCOc1ccccc1C(=O)Nc1cccc2c1C(=O)N(C(CO)C1CCC1)C2. The summed E-state index contributed by atoms with van der Waals surface area (Å²) >= 11 is 0. The molecule has 4 rings (SSSR count). The van der Waals surface area contributed by atoms with Crippen LogP contribution in [0.25, 0.3) is 0 Å². The van der Waals surface area contributed by atoms with Crippen molar-refractivity contribution in [1.29, 1.82) is 0 Å². The van der Waals surface area contributed by atoms with E-state index in [0.29, 0.717) is 41.6 Å². The average molecular weight is 394 g/mol. The van der Waals surface area contributed by atoms with Crippen LogP contribution < -0.4 is 10.1 Å². The number of aliphatic hydroxyl groups is 1. The number of rotatable bonds is 7. The maximum Gasteiger partial charge on any atom is 0.259 e. The number of fused-ring (bicyclic) bond motifs is 1. The van der Waals surface area contributed by atoms with Crippen molar-refractivity contribution < 1.29 is 19.4 Å². The molecule has 0 spiro atoms. The Hall–Kier alpha value is -2.86. The summed E-state index contributed by atoms with van der Waals surface area (Å²) in [5.74, 6) is 0.430. The fourth-order valence-electron chi connectivity index (χ4n) is 4.21. The highest BCUT2D eigenvalue weighted by atomic mass is 16.5. The molecule has 2 aliphatic rings. The predicted octanol–water partition coefficient (Wildman–Crippen LogP) is 3.45. The molecule has 29 heavy (non-hydrogen) atoms. The molecular formula is C23H26N2O4. The van der Waals surface area contributed by atoms with Gasteiger partial charge in [-0.2, -0.15) is 0 Å². The van der Waals surface area contributed by atoms with Gasteiger partial charge in [-0.05, 0) is 49.4 Å². The zero-order valence-electron chi connectivity index (χ0n) is 16.6. The van der Waals surface area contributed by atoms with Crippen LogP contribution in [0.2, 0.25) is 0 Å². The molecule has 6 nitrogen and oxygen atoms in total. The van der Waals surface area contributed by atoms with Gasteiger partial charge in [0.15, 0.2) is 0 Å². The lowest BCUT2D eigenvalue weighted by molar-refractivity contribution is 0.0364. The minimum absolute atomic E-state index is 0.0339. The van der Waals surface area contributed by atoms with E-state index in [0.717, 1.165) is 24.8 Å². The molecule has 1 aliphatic heterocycles. The summed E-state index contributed by atoms with van der Waals surface area (Å²) in [5.41, 5.74) is 2.32. The second-order valence-corrected chi connectivity index (χ2v) is 7.60. The lowest BCUT2D eigenvalue weighted by atomic mass is 9.79. The number of anilines is 1. The summed E-state index contributed by atoms with van der Waals surface area (Å²) in [7, 11) is 0. The zero-order chi connectivity index (χ0) is 20.4. The first-order valence-electron chi connectivity index (χ1n) is 10.2. The summed E-state index contributed by atoms with van der Waals surface area (Å²) in [6.07, 6.45) is 3.24. The third kappa shape index (κ3) is 3.60. The van der Waals surface area contributed by atoms with Gasteiger partial charge in [-0.1, -0.05) is 30.7 Å². The molecule has 2 aromatic carbocycles. The number of hydrogen-bond acceptors (Lipinski definition) is 4. The first-order chi connectivity index (χ1) is 14.1. The van der Waals surface area contributed by atoms with E-state index in [1.807, 2.05) is 25.1 Å². The van der Waals surface area contributed by atoms with Gasteiger partial charge in [-0.15, -0.1) is 0 Å². The second kappa shape index (κ2) is 8.25. The van der Waals surface area contributed by atoms with Gasteiger partial charge in [0.1, 0.15) is 5.75 Å². The Morgan fingerprint density at radius 3 is 2.72 bits per heavy atom. The molecule has 0 bridgehead atoms. The highest BCUT2D eigenvalue weighted by Gasteiger charge is 2.39. The van der Waals surface area contributed by atoms with Crippen LogP contribution in [0.15, 0.2) is 42.5 Å². The fraction of sp³-hybridized carbons (Fsp3) is 0.391. The van der Waals surface area contributed by atoms with Gasteiger partial charge in [0, 0.05) is 6.54 Å². The normalized spacial score (nSPS) is 16.9. The van der Waals surface area contributed by atoms with Crippen molar-refractivity contribution in [2.24, 2.45) is 5.92 Å². The molecule has 2 N–H and O–H groups in total. The maximum absolute atomic E-state index is 13.2. The third-order valence-corrected chi connectivity index (χ3v) is 5.93. The number of nitrogens with one attached hydrogen (secondary N) is 1. The van der Waals surface area contributed by atoms with E-state index >= 15 is 0 Å². The predicted molar refractivity (Wildman–Crippen MR) is 110 cm³/mol. The van der Waals surface area contributed by atoms with Gasteiger partial charge in [0.2, 0.25) is 0 Å². The summed E-state index contributed by atoms with van der Waals surface area (Å²) < 4.78 is 5.55. The van der Waals surface area contributed by atoms with Crippen LogP contribution in [0, 0.1) is 5.92 Å². The Morgan fingerprint density at radius 1 is 1.24 bits per heavy atom. The summed E-state index contributed by atoms with van der Waals surface area (Å²) in [6.45, 7) is 2.76. The fourth-order valence-corrected chi connectivity index (χ4v) is 4.21. The summed E-state index contributed by atoms with van der Waals surface area (Å²) in [5, 5.41) is 12.8. The lowest BCUT2D eigenvalue weighted by Crippen LogP contribution is -2.45. The van der Waals surface area contributed by atoms with Gasteiger partial charge in [0.25, 0.3) is 11.8 Å². The van der Waals surface area contributed by atoms with Crippen molar-refractivity contribution in [3.05, 3.63) is 59.2 Å². The summed E-state index contributed by atoms with van der Waals surface area (Å²) in [6, 6.07) is 12.4. The number of hydrogen-bond donors (Lipinski definition) is 2. The average Bonchev–Trinajstić information content (AvgIpc) is 3.02. The van der Waals surface area contributed by atoms with Crippen LogP contribution in [0.1, 0.15) is 52.5 Å². The second-order valence-electron chi connectivity index (χ2n) is 7.60. The number of carbonyl (C=O) groups is 2. The van der Waals surface area contributed by atoms with Crippen LogP contribution in [0.4, 0.5) is 5.69 Å². The highest BCUT2D eigenvalue weighted by molar-refractivity contribution is 6.11. The van der Waals surface area contributed by atoms with Crippen LogP contribution in [0.3, 0.4) is 0 Å². The number of para-hydroxylation sites is 1. The molecule has 6 heteroatoms. The number of nitrogens with zero attached hydrogens (tertiary/aromatic N) is 1. The Kier molecular flexibility index (Phi) is 5.53. The van der Waals surface area contributed by atoms with E-state index < -0.39 is 0 Å². The van der Waals surface area contributed by atoms with Crippen LogP contribution in [-0.2, 0) is 6.54 Å². The van der Waals surface area contributed by atoms with Crippen LogP contribution in [-0.4, -0.2) is 41.1 Å². The minimum Gasteiger partial charge on any atom is -0.493 e. The molecule has 1 aliphatic carbocycles. The van der Waals surface area contributed by atoms with Gasteiger partial charge in [-0.25, -0.2) is 0 Å². The molecule has 0 radical (unpaired) electrons. The molecule has 1 fully saturated rings. The van der Waals surface area contributed by atoms with Crippen molar-refractivity contribution in [1.82, 2.24) is 4.90 Å². The Labute approximate surface area is 170 Å². The number of benzene rings is 2. The zero-order valence-corrected chi connectivity index (χ0v) is 16.6. The van der Waals surface area contributed by atoms with E-state index in [2.05, 4.69) is 5.32 Å². The molecule has 1 unspecified atom stereocenters. The molecule has 152 valence electrons. The lowest BCUT2D eigenvalue weighted by Gasteiger charge is -2.38.